The number of amides is 1. The lowest BCUT2D eigenvalue weighted by molar-refractivity contribution is -0.257. The number of hydrogen-bond donors (Lipinski definition) is 0. The van der Waals surface area contributed by atoms with Gasteiger partial charge in [-0.15, -0.1) is 0 Å². The number of carbonyl (C=O) groups excluding carboxylic acids is 1. The summed E-state index contributed by atoms with van der Waals surface area (Å²) in [5.41, 5.74) is 0. The highest BCUT2D eigenvalue weighted by Gasteiger charge is 2.18. The van der Waals surface area contributed by atoms with Crippen molar-refractivity contribution in [3.8, 4) is 0 Å². The van der Waals surface area contributed by atoms with Crippen molar-refractivity contribution < 1.29 is 14.1 Å². The summed E-state index contributed by atoms with van der Waals surface area (Å²) in [6.07, 6.45) is -1.43. The van der Waals surface area contributed by atoms with Gasteiger partial charge in [-0.25, -0.2) is 4.21 Å². The molecular formula is C6H12NO3S2-. The maximum absolute atomic E-state index is 11.2. The van der Waals surface area contributed by atoms with Gasteiger partial charge in [0.05, 0.1) is 0 Å². The Morgan fingerprint density at radius 2 is 1.92 bits per heavy atom. The second kappa shape index (κ2) is 4.13. The molecular weight excluding hydrogens is 198 g/mol. The van der Waals surface area contributed by atoms with E-state index in [2.05, 4.69) is 0 Å². The van der Waals surface area contributed by atoms with E-state index in [0.29, 0.717) is 4.31 Å². The van der Waals surface area contributed by atoms with E-state index in [4.69, 9.17) is 0 Å². The molecule has 0 saturated heterocycles. The molecule has 4 nitrogen and oxygen atoms in total. The third kappa shape index (κ3) is 4.61. The topological polar surface area (TPSA) is 60.4 Å². The minimum Gasteiger partial charge on any atom is -0.529 e. The van der Waals surface area contributed by atoms with Crippen molar-refractivity contribution in [1.29, 1.82) is 0 Å². The summed E-state index contributed by atoms with van der Waals surface area (Å²) in [5, 5.41) is 10.2. The van der Waals surface area contributed by atoms with Gasteiger partial charge in [-0.05, 0) is 31.6 Å². The quantitative estimate of drug-likeness (QED) is 0.618. The highest BCUT2D eigenvalue weighted by Crippen LogP contribution is 2.27. The lowest BCUT2D eigenvalue weighted by atomic mass is 10.3. The zero-order valence-electron chi connectivity index (χ0n) is 7.49. The Morgan fingerprint density at radius 3 is 2.17 bits per heavy atom. The molecule has 1 unspecified atom stereocenters. The average molecular weight is 210 g/mol. The molecule has 0 bridgehead atoms. The Bertz CT molecular complexity index is 199. The minimum absolute atomic E-state index is 0.228. The van der Waals surface area contributed by atoms with Crippen molar-refractivity contribution in [2.75, 3.05) is 7.05 Å². The molecule has 0 spiro atoms. The van der Waals surface area contributed by atoms with Crippen molar-refractivity contribution >= 4 is 26.9 Å². The van der Waals surface area contributed by atoms with Gasteiger partial charge in [0.1, 0.15) is 6.09 Å². The highest BCUT2D eigenvalue weighted by molar-refractivity contribution is 8.68. The van der Waals surface area contributed by atoms with E-state index in [1.54, 1.807) is 0 Å². The van der Waals surface area contributed by atoms with E-state index in [1.165, 1.54) is 7.05 Å². The summed E-state index contributed by atoms with van der Waals surface area (Å²) in [6, 6.07) is 0. The van der Waals surface area contributed by atoms with Gasteiger partial charge < -0.3 is 9.90 Å². The van der Waals surface area contributed by atoms with Crippen LogP contribution in [0.5, 0.6) is 0 Å². The highest BCUT2D eigenvalue weighted by atomic mass is 33.1. The number of nitrogens with zero attached hydrogens (tertiary/aromatic N) is 1. The fraction of sp³-hybridized carbons (Fsp3) is 0.833. The zero-order valence-corrected chi connectivity index (χ0v) is 9.12. The summed E-state index contributed by atoms with van der Waals surface area (Å²) in [6.45, 7) is 5.58. The van der Waals surface area contributed by atoms with Gasteiger partial charge in [-0.3, -0.25) is 4.31 Å². The van der Waals surface area contributed by atoms with E-state index < -0.39 is 16.1 Å². The molecule has 0 saturated carbocycles. The van der Waals surface area contributed by atoms with Crippen molar-refractivity contribution in [3.63, 3.8) is 0 Å². The Labute approximate surface area is 78.3 Å². The van der Waals surface area contributed by atoms with E-state index in [9.17, 15) is 14.1 Å². The molecule has 0 heterocycles. The monoisotopic (exact) mass is 210 g/mol. The first-order valence-electron chi connectivity index (χ1n) is 3.30. The predicted octanol–water partition coefficient (Wildman–Crippen LogP) is 0.372. The van der Waals surface area contributed by atoms with Crippen molar-refractivity contribution in [3.05, 3.63) is 0 Å². The molecule has 0 rings (SSSR count). The van der Waals surface area contributed by atoms with E-state index in [0.717, 1.165) is 10.8 Å². The summed E-state index contributed by atoms with van der Waals surface area (Å²) in [5.74, 6) is 0. The Kier molecular flexibility index (Phi) is 4.05. The summed E-state index contributed by atoms with van der Waals surface area (Å²) in [4.78, 5) is 10.2. The van der Waals surface area contributed by atoms with Crippen molar-refractivity contribution in [2.24, 2.45) is 0 Å². The van der Waals surface area contributed by atoms with Crippen LogP contribution in [-0.4, -0.2) is 26.4 Å². The van der Waals surface area contributed by atoms with Gasteiger partial charge in [-0.2, -0.15) is 0 Å². The molecule has 0 N–H and O–H groups in total. The second-order valence-corrected chi connectivity index (χ2v) is 6.91. The molecule has 0 aromatic carbocycles. The second-order valence-electron chi connectivity index (χ2n) is 3.18. The van der Waals surface area contributed by atoms with Gasteiger partial charge in [0.15, 0.2) is 10.0 Å². The van der Waals surface area contributed by atoms with E-state index in [1.807, 2.05) is 20.8 Å². The van der Waals surface area contributed by atoms with Crippen LogP contribution in [0.15, 0.2) is 0 Å². The number of carbonyl (C=O) groups is 1. The first-order valence-corrected chi connectivity index (χ1v) is 5.74. The molecule has 72 valence electrons. The molecule has 1 amide bonds. The van der Waals surface area contributed by atoms with Crippen LogP contribution >= 0.6 is 10.8 Å². The number of rotatable bonds is 2. The van der Waals surface area contributed by atoms with E-state index >= 15 is 0 Å². The van der Waals surface area contributed by atoms with Gasteiger partial charge in [0.25, 0.3) is 0 Å². The molecule has 0 radical (unpaired) electrons. The molecule has 6 heteroatoms. The molecule has 1 atom stereocenters. The third-order valence-electron chi connectivity index (χ3n) is 0.802. The Morgan fingerprint density at radius 1 is 1.50 bits per heavy atom. The van der Waals surface area contributed by atoms with Crippen LogP contribution in [0.1, 0.15) is 20.8 Å². The smallest absolute Gasteiger partial charge is 0.183 e. The van der Waals surface area contributed by atoms with E-state index in [-0.39, 0.29) is 4.75 Å². The average Bonchev–Trinajstić information content (AvgIpc) is 1.82. The molecule has 0 aliphatic carbocycles. The first-order chi connectivity index (χ1) is 5.24. The fourth-order valence-electron chi connectivity index (χ4n) is 0.331. The normalized spacial score (nSPS) is 14.0. The standard InChI is InChI=1S/C6H13NO3S2/c1-6(2,3)11-12(10)7(4)5(8)9/h1-4H3,(H,8,9)/p-1. The molecule has 0 aromatic heterocycles. The number of hydrogen-bond acceptors (Lipinski definition) is 4. The van der Waals surface area contributed by atoms with Crippen LogP contribution in [0.2, 0.25) is 0 Å². The maximum atomic E-state index is 11.2. The molecule has 0 aliphatic rings. The fourth-order valence-corrected chi connectivity index (χ4v) is 2.79. The Hall–Kier alpha value is -0.230. The van der Waals surface area contributed by atoms with Crippen LogP contribution in [0.4, 0.5) is 4.79 Å². The van der Waals surface area contributed by atoms with Gasteiger partial charge in [-0.1, -0.05) is 0 Å². The summed E-state index contributed by atoms with van der Waals surface area (Å²) >= 11 is 0. The third-order valence-corrected chi connectivity index (χ3v) is 4.64. The van der Waals surface area contributed by atoms with Crippen LogP contribution < -0.4 is 5.11 Å². The molecule has 0 aliphatic heterocycles. The lowest BCUT2D eigenvalue weighted by Gasteiger charge is -2.22. The first kappa shape index (κ1) is 11.8. The van der Waals surface area contributed by atoms with Crippen LogP contribution in [0, 0.1) is 0 Å². The summed E-state index contributed by atoms with van der Waals surface area (Å²) < 4.78 is 11.6. The maximum Gasteiger partial charge on any atom is 0.183 e. The largest absolute Gasteiger partial charge is 0.529 e. The molecule has 0 aromatic rings. The predicted molar refractivity (Wildman–Crippen MR) is 48.6 cm³/mol. The molecule has 12 heavy (non-hydrogen) atoms. The van der Waals surface area contributed by atoms with Crippen LogP contribution in [0.25, 0.3) is 0 Å². The Balaban J connectivity index is 4.15. The van der Waals surface area contributed by atoms with Gasteiger partial charge >= 0.3 is 0 Å². The van der Waals surface area contributed by atoms with Crippen LogP contribution in [0.3, 0.4) is 0 Å². The van der Waals surface area contributed by atoms with Crippen molar-refractivity contribution in [2.45, 2.75) is 25.5 Å². The minimum atomic E-state index is -1.58. The van der Waals surface area contributed by atoms with Gasteiger partial charge in [0.2, 0.25) is 0 Å². The SMILES string of the molecule is CN(C(=O)[O-])S(=O)SC(C)(C)C. The van der Waals surface area contributed by atoms with Crippen molar-refractivity contribution in [1.82, 2.24) is 4.31 Å². The lowest BCUT2D eigenvalue weighted by Crippen LogP contribution is -2.39. The van der Waals surface area contributed by atoms with Gasteiger partial charge in [0, 0.05) is 11.8 Å². The summed E-state index contributed by atoms with van der Waals surface area (Å²) in [7, 11) is 0.720. The number of carboxylic acid groups (broad SMARTS) is 1. The van der Waals surface area contributed by atoms with Crippen LogP contribution in [-0.2, 0) is 10.0 Å². The zero-order chi connectivity index (χ0) is 9.94. The molecule has 0 fully saturated rings.